The summed E-state index contributed by atoms with van der Waals surface area (Å²) >= 11 is 0. The maximum atomic E-state index is 11.1. The fourth-order valence-electron chi connectivity index (χ4n) is 1.86. The number of benzene rings is 1. The van der Waals surface area contributed by atoms with Crippen molar-refractivity contribution in [1.82, 2.24) is 4.90 Å². The Labute approximate surface area is 108 Å². The molecule has 1 rings (SSSR count). The van der Waals surface area contributed by atoms with E-state index in [9.17, 15) is 4.79 Å². The highest BCUT2D eigenvalue weighted by Crippen LogP contribution is 2.10. The van der Waals surface area contributed by atoms with Crippen LogP contribution in [0.4, 0.5) is 0 Å². The van der Waals surface area contributed by atoms with E-state index in [0.717, 1.165) is 25.1 Å². The molecule has 1 aromatic carbocycles. The summed E-state index contributed by atoms with van der Waals surface area (Å²) in [6.07, 6.45) is 0.916. The van der Waals surface area contributed by atoms with Gasteiger partial charge in [-0.2, -0.15) is 0 Å². The molecule has 0 bridgehead atoms. The van der Waals surface area contributed by atoms with Crippen LogP contribution in [0, 0.1) is 0 Å². The van der Waals surface area contributed by atoms with Crippen molar-refractivity contribution in [3.05, 3.63) is 35.4 Å². The van der Waals surface area contributed by atoms with Crippen molar-refractivity contribution < 1.29 is 14.6 Å². The van der Waals surface area contributed by atoms with Crippen molar-refractivity contribution in [2.24, 2.45) is 0 Å². The molecule has 4 nitrogen and oxygen atoms in total. The number of aromatic carboxylic acids is 1. The number of carbonyl (C=O) groups is 1. The molecule has 0 saturated carbocycles. The summed E-state index contributed by atoms with van der Waals surface area (Å²) in [6, 6.07) is 7.15. The van der Waals surface area contributed by atoms with Crippen molar-refractivity contribution in [1.29, 1.82) is 0 Å². The molecule has 0 saturated heterocycles. The van der Waals surface area contributed by atoms with Crippen molar-refractivity contribution in [3.63, 3.8) is 0 Å². The minimum Gasteiger partial charge on any atom is -0.478 e. The summed E-state index contributed by atoms with van der Waals surface area (Å²) in [4.78, 5) is 13.2. The Balaban J connectivity index is 2.55. The van der Waals surface area contributed by atoms with Gasteiger partial charge in [0.25, 0.3) is 0 Å². The summed E-state index contributed by atoms with van der Waals surface area (Å²) in [5.74, 6) is -0.862. The van der Waals surface area contributed by atoms with E-state index in [1.165, 1.54) is 0 Å². The zero-order valence-corrected chi connectivity index (χ0v) is 11.2. The third kappa shape index (κ3) is 4.47. The number of hydrogen-bond donors (Lipinski definition) is 1. The van der Waals surface area contributed by atoms with Crippen LogP contribution in [-0.4, -0.2) is 49.3 Å². The standard InChI is InChI=1S/C14H21NO3/c1-11(18-3)10-15(2)9-8-12-6-4-5-7-13(12)14(16)17/h4-7,11H,8-10H2,1-3H3,(H,16,17). The van der Waals surface area contributed by atoms with Crippen LogP contribution in [0.15, 0.2) is 24.3 Å². The second kappa shape index (κ2) is 7.13. The topological polar surface area (TPSA) is 49.8 Å². The Morgan fingerprint density at radius 3 is 2.72 bits per heavy atom. The van der Waals surface area contributed by atoms with E-state index in [1.54, 1.807) is 19.2 Å². The largest absolute Gasteiger partial charge is 0.478 e. The van der Waals surface area contributed by atoms with Gasteiger partial charge in [0.15, 0.2) is 0 Å². The number of rotatable bonds is 7. The van der Waals surface area contributed by atoms with Crippen LogP contribution in [-0.2, 0) is 11.2 Å². The number of methoxy groups -OCH3 is 1. The SMILES string of the molecule is COC(C)CN(C)CCc1ccccc1C(=O)O. The molecule has 1 atom stereocenters. The van der Waals surface area contributed by atoms with E-state index >= 15 is 0 Å². The van der Waals surface area contributed by atoms with Crippen molar-refractivity contribution in [3.8, 4) is 0 Å². The molecule has 0 aliphatic carbocycles. The monoisotopic (exact) mass is 251 g/mol. The Morgan fingerprint density at radius 2 is 2.11 bits per heavy atom. The number of hydrogen-bond acceptors (Lipinski definition) is 3. The lowest BCUT2D eigenvalue weighted by Crippen LogP contribution is -2.30. The van der Waals surface area contributed by atoms with Gasteiger partial charge in [-0.1, -0.05) is 18.2 Å². The molecule has 0 amide bonds. The average Bonchev–Trinajstić information content (AvgIpc) is 2.36. The van der Waals surface area contributed by atoms with Crippen molar-refractivity contribution in [2.75, 3.05) is 27.2 Å². The third-order valence-corrected chi connectivity index (χ3v) is 2.98. The molecule has 0 aromatic heterocycles. The molecule has 1 aromatic rings. The van der Waals surface area contributed by atoms with Crippen LogP contribution in [0.3, 0.4) is 0 Å². The Morgan fingerprint density at radius 1 is 1.44 bits per heavy atom. The molecule has 0 aliphatic heterocycles. The molecule has 4 heteroatoms. The van der Waals surface area contributed by atoms with Gasteiger partial charge in [0, 0.05) is 20.2 Å². The van der Waals surface area contributed by atoms with E-state index < -0.39 is 5.97 Å². The number of ether oxygens (including phenoxy) is 1. The molecular weight excluding hydrogens is 230 g/mol. The highest BCUT2D eigenvalue weighted by molar-refractivity contribution is 5.89. The first kappa shape index (κ1) is 14.7. The molecule has 0 heterocycles. The highest BCUT2D eigenvalue weighted by Gasteiger charge is 2.10. The number of likely N-dealkylation sites (N-methyl/N-ethyl adjacent to an activating group) is 1. The fraction of sp³-hybridized carbons (Fsp3) is 0.500. The number of carboxylic acid groups (broad SMARTS) is 1. The third-order valence-electron chi connectivity index (χ3n) is 2.98. The minimum absolute atomic E-state index is 0.185. The Bertz CT molecular complexity index is 392. The fourth-order valence-corrected chi connectivity index (χ4v) is 1.86. The zero-order chi connectivity index (χ0) is 13.5. The molecule has 100 valence electrons. The van der Waals surface area contributed by atoms with Crippen molar-refractivity contribution >= 4 is 5.97 Å². The molecule has 1 N–H and O–H groups in total. The van der Waals surface area contributed by atoms with Crippen LogP contribution in [0.2, 0.25) is 0 Å². The smallest absolute Gasteiger partial charge is 0.335 e. The van der Waals surface area contributed by atoms with Gasteiger partial charge in [0.1, 0.15) is 0 Å². The van der Waals surface area contributed by atoms with E-state index in [4.69, 9.17) is 9.84 Å². The number of nitrogens with zero attached hydrogens (tertiary/aromatic N) is 1. The van der Waals surface area contributed by atoms with Gasteiger partial charge in [-0.25, -0.2) is 4.79 Å². The molecule has 0 aliphatic rings. The number of carboxylic acids is 1. The van der Waals surface area contributed by atoms with Gasteiger partial charge in [0.2, 0.25) is 0 Å². The van der Waals surface area contributed by atoms with Gasteiger partial charge < -0.3 is 14.7 Å². The normalized spacial score (nSPS) is 12.7. The summed E-state index contributed by atoms with van der Waals surface area (Å²) in [7, 11) is 3.71. The highest BCUT2D eigenvalue weighted by atomic mass is 16.5. The van der Waals surface area contributed by atoms with E-state index in [1.807, 2.05) is 26.1 Å². The first-order chi connectivity index (χ1) is 8.54. The maximum Gasteiger partial charge on any atom is 0.335 e. The van der Waals surface area contributed by atoms with Crippen LogP contribution < -0.4 is 0 Å². The lowest BCUT2D eigenvalue weighted by atomic mass is 10.0. The predicted molar refractivity (Wildman–Crippen MR) is 71.1 cm³/mol. The van der Waals surface area contributed by atoms with Crippen LogP contribution in [0.1, 0.15) is 22.8 Å². The maximum absolute atomic E-state index is 11.1. The lowest BCUT2D eigenvalue weighted by Gasteiger charge is -2.20. The lowest BCUT2D eigenvalue weighted by molar-refractivity contribution is 0.0694. The van der Waals surface area contributed by atoms with E-state index in [0.29, 0.717) is 5.56 Å². The Kier molecular flexibility index (Phi) is 5.82. The molecule has 0 radical (unpaired) electrons. The summed E-state index contributed by atoms with van der Waals surface area (Å²) < 4.78 is 5.20. The van der Waals surface area contributed by atoms with Crippen LogP contribution in [0.5, 0.6) is 0 Å². The van der Waals surface area contributed by atoms with Gasteiger partial charge >= 0.3 is 5.97 Å². The average molecular weight is 251 g/mol. The summed E-state index contributed by atoms with van der Waals surface area (Å²) in [5, 5.41) is 9.08. The quantitative estimate of drug-likeness (QED) is 0.804. The van der Waals surface area contributed by atoms with Gasteiger partial charge in [-0.3, -0.25) is 0 Å². The second-order valence-electron chi connectivity index (χ2n) is 4.52. The van der Waals surface area contributed by atoms with Crippen LogP contribution in [0.25, 0.3) is 0 Å². The summed E-state index contributed by atoms with van der Waals surface area (Å²) in [6.45, 7) is 3.67. The molecule has 1 unspecified atom stereocenters. The van der Waals surface area contributed by atoms with Gasteiger partial charge in [-0.05, 0) is 32.0 Å². The molecular formula is C14H21NO3. The summed E-state index contributed by atoms with van der Waals surface area (Å²) in [5.41, 5.74) is 1.27. The van der Waals surface area contributed by atoms with Crippen molar-refractivity contribution in [2.45, 2.75) is 19.4 Å². The molecule has 0 fully saturated rings. The second-order valence-corrected chi connectivity index (χ2v) is 4.52. The van der Waals surface area contributed by atoms with Gasteiger partial charge in [-0.15, -0.1) is 0 Å². The van der Waals surface area contributed by atoms with Gasteiger partial charge in [0.05, 0.1) is 11.7 Å². The predicted octanol–water partition coefficient (Wildman–Crippen LogP) is 1.89. The first-order valence-electron chi connectivity index (χ1n) is 6.07. The van der Waals surface area contributed by atoms with Crippen LogP contribution >= 0.6 is 0 Å². The minimum atomic E-state index is -0.862. The van der Waals surface area contributed by atoms with E-state index in [-0.39, 0.29) is 6.10 Å². The molecule has 0 spiro atoms. The first-order valence-corrected chi connectivity index (χ1v) is 6.07. The van der Waals surface area contributed by atoms with E-state index in [2.05, 4.69) is 4.90 Å². The molecule has 18 heavy (non-hydrogen) atoms. The Hall–Kier alpha value is -1.39. The zero-order valence-electron chi connectivity index (χ0n) is 11.2.